The van der Waals surface area contributed by atoms with Gasteiger partial charge in [0.05, 0.1) is 0 Å². The molecule has 0 aromatic heterocycles. The largest absolute Gasteiger partial charge is 0.303 e. The van der Waals surface area contributed by atoms with Crippen LogP contribution in [0.2, 0.25) is 25.7 Å². The highest BCUT2D eigenvalue weighted by atomic mass is 28.3. The summed E-state index contributed by atoms with van der Waals surface area (Å²) in [6.45, 7) is 7.07. The first-order chi connectivity index (χ1) is 8.03. The van der Waals surface area contributed by atoms with Crippen molar-refractivity contribution in [2.75, 3.05) is 0 Å². The van der Waals surface area contributed by atoms with Crippen LogP contribution in [0.15, 0.2) is 42.5 Å². The Kier molecular flexibility index (Phi) is 5.36. The molecule has 0 N–H and O–H groups in total. The molecule has 92 valence electrons. The van der Waals surface area contributed by atoms with Gasteiger partial charge in [-0.05, 0) is 11.6 Å². The van der Waals surface area contributed by atoms with Crippen molar-refractivity contribution in [3.63, 3.8) is 0 Å². The summed E-state index contributed by atoms with van der Waals surface area (Å²) in [6, 6.07) is 11.4. The minimum Gasteiger partial charge on any atom is -0.303 e. The fourth-order valence-corrected chi connectivity index (χ4v) is 2.56. The molecule has 0 aliphatic rings. The van der Waals surface area contributed by atoms with Gasteiger partial charge in [-0.3, -0.25) is 0 Å². The van der Waals surface area contributed by atoms with Crippen LogP contribution >= 0.6 is 0 Å². The van der Waals surface area contributed by atoms with Gasteiger partial charge in [0.1, 0.15) is 6.29 Å². The van der Waals surface area contributed by atoms with Crippen LogP contribution in [-0.2, 0) is 4.79 Å². The highest BCUT2D eigenvalue weighted by Crippen LogP contribution is 2.21. The third kappa shape index (κ3) is 5.64. The molecule has 1 unspecified atom stereocenters. The lowest BCUT2D eigenvalue weighted by Gasteiger charge is -2.14. The van der Waals surface area contributed by atoms with Crippen molar-refractivity contribution in [2.45, 2.75) is 38.0 Å². The van der Waals surface area contributed by atoms with Crippen molar-refractivity contribution < 1.29 is 4.79 Å². The molecule has 0 saturated heterocycles. The molecule has 17 heavy (non-hydrogen) atoms. The smallest absolute Gasteiger partial charge is 0.120 e. The Morgan fingerprint density at radius 3 is 2.35 bits per heavy atom. The topological polar surface area (TPSA) is 17.1 Å². The van der Waals surface area contributed by atoms with Crippen molar-refractivity contribution >= 4 is 14.4 Å². The second-order valence-electron chi connectivity index (χ2n) is 5.61. The van der Waals surface area contributed by atoms with Crippen LogP contribution in [0, 0.1) is 0 Å². The maximum absolute atomic E-state index is 10.7. The third-order valence-electron chi connectivity index (χ3n) is 2.68. The van der Waals surface area contributed by atoms with Crippen LogP contribution in [-0.4, -0.2) is 14.4 Å². The molecule has 1 atom stereocenters. The molecule has 1 nitrogen and oxygen atoms in total. The van der Waals surface area contributed by atoms with Crippen LogP contribution in [0.4, 0.5) is 0 Å². The maximum atomic E-state index is 10.7. The van der Waals surface area contributed by atoms with Gasteiger partial charge < -0.3 is 4.79 Å². The Morgan fingerprint density at radius 2 is 1.82 bits per heavy atom. The van der Waals surface area contributed by atoms with E-state index in [2.05, 4.69) is 43.9 Å². The fraction of sp³-hybridized carbons (Fsp3) is 0.400. The molecule has 0 aliphatic heterocycles. The normalized spacial score (nSPS) is 13.8. The Hall–Kier alpha value is -1.15. The molecule has 1 aromatic rings. The predicted octanol–water partition coefficient (Wildman–Crippen LogP) is 4.25. The summed E-state index contributed by atoms with van der Waals surface area (Å²) < 4.78 is 0. The lowest BCUT2D eigenvalue weighted by atomic mass is 9.96. The zero-order valence-electron chi connectivity index (χ0n) is 11.0. The number of rotatable bonds is 6. The summed E-state index contributed by atoms with van der Waals surface area (Å²) in [7, 11) is -1.02. The second-order valence-corrected chi connectivity index (χ2v) is 11.1. The fourth-order valence-electron chi connectivity index (χ4n) is 1.72. The Labute approximate surface area is 106 Å². The van der Waals surface area contributed by atoms with Crippen LogP contribution in [0.25, 0.3) is 0 Å². The summed E-state index contributed by atoms with van der Waals surface area (Å²) in [6.07, 6.45) is 6.04. The van der Waals surface area contributed by atoms with Crippen molar-refractivity contribution in [3.8, 4) is 0 Å². The van der Waals surface area contributed by atoms with Crippen molar-refractivity contribution in [2.24, 2.45) is 0 Å². The summed E-state index contributed by atoms with van der Waals surface area (Å²) in [5.41, 5.74) is 1.23. The molecule has 1 rings (SSSR count). The predicted molar refractivity (Wildman–Crippen MR) is 77.2 cm³/mol. The van der Waals surface area contributed by atoms with Gasteiger partial charge in [-0.15, -0.1) is 0 Å². The third-order valence-corrected chi connectivity index (χ3v) is 4.14. The quantitative estimate of drug-likeness (QED) is 0.416. The number of benzene rings is 1. The molecule has 0 aliphatic carbocycles. The average molecular weight is 246 g/mol. The van der Waals surface area contributed by atoms with Crippen molar-refractivity contribution in [1.82, 2.24) is 0 Å². The monoisotopic (exact) mass is 246 g/mol. The molecule has 0 saturated carbocycles. The number of hydrogen-bond acceptors (Lipinski definition) is 1. The van der Waals surface area contributed by atoms with Gasteiger partial charge in [-0.2, -0.15) is 0 Å². The van der Waals surface area contributed by atoms with Gasteiger partial charge in [0.25, 0.3) is 0 Å². The van der Waals surface area contributed by atoms with Crippen molar-refractivity contribution in [1.29, 1.82) is 0 Å². The minimum absolute atomic E-state index is 0.241. The van der Waals surface area contributed by atoms with Gasteiger partial charge in [0, 0.05) is 20.4 Å². The number of aldehydes is 1. The summed E-state index contributed by atoms with van der Waals surface area (Å²) in [5, 5.41) is 0. The first kappa shape index (κ1) is 13.9. The summed E-state index contributed by atoms with van der Waals surface area (Å²) in [5.74, 6) is 0.241. The molecular formula is C15H22OSi. The lowest BCUT2D eigenvalue weighted by Crippen LogP contribution is -2.17. The van der Waals surface area contributed by atoms with Gasteiger partial charge in [-0.1, -0.05) is 62.1 Å². The van der Waals surface area contributed by atoms with Gasteiger partial charge in [-0.25, -0.2) is 0 Å². The average Bonchev–Trinajstić information content (AvgIpc) is 2.27. The highest BCUT2D eigenvalue weighted by Gasteiger charge is 2.11. The van der Waals surface area contributed by atoms with E-state index in [4.69, 9.17) is 0 Å². The summed E-state index contributed by atoms with van der Waals surface area (Å²) >= 11 is 0. The van der Waals surface area contributed by atoms with E-state index < -0.39 is 8.07 Å². The number of carbonyl (C=O) groups is 1. The van der Waals surface area contributed by atoms with Crippen LogP contribution in [0.1, 0.15) is 17.9 Å². The second kappa shape index (κ2) is 6.55. The first-order valence-electron chi connectivity index (χ1n) is 6.18. The highest BCUT2D eigenvalue weighted by molar-refractivity contribution is 6.76. The van der Waals surface area contributed by atoms with Gasteiger partial charge in [0.2, 0.25) is 0 Å². The SMILES string of the molecule is C[Si](C)(C)C/C=C/C(CC=O)c1ccccc1. The molecule has 0 heterocycles. The molecule has 0 spiro atoms. The van der Waals surface area contributed by atoms with E-state index in [0.717, 1.165) is 6.29 Å². The Bertz CT molecular complexity index is 362. The van der Waals surface area contributed by atoms with Crippen LogP contribution in [0.3, 0.4) is 0 Å². The van der Waals surface area contributed by atoms with E-state index in [9.17, 15) is 4.79 Å². The molecule has 1 aromatic carbocycles. The van der Waals surface area contributed by atoms with Gasteiger partial charge >= 0.3 is 0 Å². The molecule has 0 fully saturated rings. The Balaban J connectivity index is 2.70. The molecule has 0 amide bonds. The Morgan fingerprint density at radius 1 is 1.18 bits per heavy atom. The molecule has 2 heteroatoms. The van der Waals surface area contributed by atoms with E-state index in [1.165, 1.54) is 11.6 Å². The van der Waals surface area contributed by atoms with Crippen molar-refractivity contribution in [3.05, 3.63) is 48.0 Å². The first-order valence-corrected chi connectivity index (χ1v) is 9.89. The molecule has 0 radical (unpaired) electrons. The number of hydrogen-bond donors (Lipinski definition) is 0. The van der Waals surface area contributed by atoms with E-state index in [1.807, 2.05) is 18.2 Å². The zero-order chi connectivity index (χ0) is 12.7. The van der Waals surface area contributed by atoms with E-state index in [1.54, 1.807) is 0 Å². The maximum Gasteiger partial charge on any atom is 0.120 e. The van der Waals surface area contributed by atoms with E-state index in [-0.39, 0.29) is 5.92 Å². The number of carbonyl (C=O) groups excluding carboxylic acids is 1. The number of allylic oxidation sites excluding steroid dienone is 2. The lowest BCUT2D eigenvalue weighted by molar-refractivity contribution is -0.108. The van der Waals surface area contributed by atoms with Crippen LogP contribution < -0.4 is 0 Å². The molecular weight excluding hydrogens is 224 g/mol. The van der Waals surface area contributed by atoms with E-state index in [0.29, 0.717) is 6.42 Å². The van der Waals surface area contributed by atoms with Gasteiger partial charge in [0.15, 0.2) is 0 Å². The standard InChI is InChI=1S/C15H22OSi/c1-17(2,3)13-7-10-15(11-12-16)14-8-5-4-6-9-14/h4-10,12,15H,11,13H2,1-3H3/b10-7+. The zero-order valence-corrected chi connectivity index (χ0v) is 12.0. The van der Waals surface area contributed by atoms with Crippen LogP contribution in [0.5, 0.6) is 0 Å². The summed E-state index contributed by atoms with van der Waals surface area (Å²) in [4.78, 5) is 10.7. The minimum atomic E-state index is -1.02. The molecule has 0 bridgehead atoms. The van der Waals surface area contributed by atoms with E-state index >= 15 is 0 Å².